The summed E-state index contributed by atoms with van der Waals surface area (Å²) in [5.74, 6) is 0.789. The molecule has 0 radical (unpaired) electrons. The molecule has 0 aliphatic rings. The van der Waals surface area contributed by atoms with E-state index >= 15 is 0 Å². The molecule has 1 unspecified atom stereocenters. The van der Waals surface area contributed by atoms with Gasteiger partial charge in [-0.1, -0.05) is 48.0 Å². The van der Waals surface area contributed by atoms with Gasteiger partial charge < -0.3 is 10.7 Å². The highest BCUT2D eigenvalue weighted by Gasteiger charge is 2.13. The number of hydrogen-bond donors (Lipinski definition) is 2. The maximum absolute atomic E-state index is 6.28. The van der Waals surface area contributed by atoms with Crippen molar-refractivity contribution < 1.29 is 0 Å². The maximum Gasteiger partial charge on any atom is 0.128 e. The second kappa shape index (κ2) is 5.54. The van der Waals surface area contributed by atoms with E-state index in [-0.39, 0.29) is 6.04 Å². The largest absolute Gasteiger partial charge is 0.340 e. The van der Waals surface area contributed by atoms with Crippen LogP contribution in [0.2, 0.25) is 0 Å². The molecule has 0 aliphatic heterocycles. The Kier molecular flexibility index (Phi) is 3.59. The Hall–Kier alpha value is -2.39. The first-order valence-corrected chi connectivity index (χ1v) is 7.08. The molecule has 106 valence electrons. The average molecular weight is 277 g/mol. The van der Waals surface area contributed by atoms with Gasteiger partial charge in [0.15, 0.2) is 0 Å². The fourth-order valence-corrected chi connectivity index (χ4v) is 2.48. The number of hydrogen-bond acceptors (Lipinski definition) is 2. The zero-order chi connectivity index (χ0) is 14.8. The van der Waals surface area contributed by atoms with Crippen molar-refractivity contribution in [3.63, 3.8) is 0 Å². The summed E-state index contributed by atoms with van der Waals surface area (Å²) in [6.07, 6.45) is 1.86. The van der Waals surface area contributed by atoms with Gasteiger partial charge in [-0.15, -0.1) is 0 Å². The smallest absolute Gasteiger partial charge is 0.128 e. The maximum atomic E-state index is 6.28. The first-order chi connectivity index (χ1) is 10.1. The lowest BCUT2D eigenvalue weighted by Crippen LogP contribution is -2.13. The van der Waals surface area contributed by atoms with Crippen LogP contribution in [0.15, 0.2) is 54.7 Å². The molecule has 0 spiro atoms. The second-order valence-corrected chi connectivity index (χ2v) is 5.39. The summed E-state index contributed by atoms with van der Waals surface area (Å²) in [5.41, 5.74) is 12.0. The van der Waals surface area contributed by atoms with Crippen LogP contribution in [-0.4, -0.2) is 9.97 Å². The van der Waals surface area contributed by atoms with Gasteiger partial charge in [0, 0.05) is 5.56 Å². The highest BCUT2D eigenvalue weighted by atomic mass is 15.0. The number of benzene rings is 2. The topological polar surface area (TPSA) is 54.7 Å². The molecule has 0 saturated heterocycles. The predicted molar refractivity (Wildman–Crippen MR) is 86.0 cm³/mol. The van der Waals surface area contributed by atoms with Crippen LogP contribution in [-0.2, 0) is 0 Å². The van der Waals surface area contributed by atoms with Crippen molar-refractivity contribution in [3.05, 3.63) is 77.2 Å². The Morgan fingerprint density at radius 2 is 1.81 bits per heavy atom. The molecule has 1 heterocycles. The summed E-state index contributed by atoms with van der Waals surface area (Å²) in [6.45, 7) is 4.20. The molecule has 21 heavy (non-hydrogen) atoms. The highest BCUT2D eigenvalue weighted by Crippen LogP contribution is 2.25. The first-order valence-electron chi connectivity index (χ1n) is 7.08. The van der Waals surface area contributed by atoms with Crippen molar-refractivity contribution in [1.82, 2.24) is 9.97 Å². The molecule has 1 atom stereocenters. The van der Waals surface area contributed by atoms with Crippen molar-refractivity contribution in [2.24, 2.45) is 5.73 Å². The van der Waals surface area contributed by atoms with Crippen LogP contribution in [0.1, 0.15) is 28.6 Å². The van der Waals surface area contributed by atoms with E-state index in [9.17, 15) is 0 Å². The van der Waals surface area contributed by atoms with Crippen LogP contribution in [0.4, 0.5) is 0 Å². The third-order valence-corrected chi connectivity index (χ3v) is 3.73. The Morgan fingerprint density at radius 3 is 2.57 bits per heavy atom. The fraction of sp³-hybridized carbons (Fsp3) is 0.167. The Labute approximate surface area is 124 Å². The Morgan fingerprint density at radius 1 is 1.05 bits per heavy atom. The molecule has 0 fully saturated rings. The van der Waals surface area contributed by atoms with E-state index in [1.807, 2.05) is 36.5 Å². The third kappa shape index (κ3) is 2.73. The molecule has 3 rings (SSSR count). The minimum Gasteiger partial charge on any atom is -0.340 e. The summed E-state index contributed by atoms with van der Waals surface area (Å²) in [7, 11) is 0. The third-order valence-electron chi connectivity index (χ3n) is 3.73. The van der Waals surface area contributed by atoms with Crippen molar-refractivity contribution in [2.75, 3.05) is 0 Å². The summed E-state index contributed by atoms with van der Waals surface area (Å²) >= 11 is 0. The fourth-order valence-electron chi connectivity index (χ4n) is 2.48. The molecule has 0 saturated carbocycles. The lowest BCUT2D eigenvalue weighted by molar-refractivity contribution is 0.801. The number of H-pyrrole nitrogens is 1. The van der Waals surface area contributed by atoms with Gasteiger partial charge in [0.25, 0.3) is 0 Å². The number of nitrogens with zero attached hydrogens (tertiary/aromatic N) is 1. The van der Waals surface area contributed by atoms with Gasteiger partial charge >= 0.3 is 0 Å². The minimum atomic E-state index is -0.231. The van der Waals surface area contributed by atoms with Crippen LogP contribution >= 0.6 is 0 Å². The Balaban J connectivity index is 1.95. The monoisotopic (exact) mass is 277 g/mol. The normalized spacial score (nSPS) is 12.3. The molecule has 1 aromatic heterocycles. The van der Waals surface area contributed by atoms with Gasteiger partial charge in [0.2, 0.25) is 0 Å². The summed E-state index contributed by atoms with van der Waals surface area (Å²) in [4.78, 5) is 7.82. The van der Waals surface area contributed by atoms with E-state index in [1.165, 1.54) is 16.7 Å². The van der Waals surface area contributed by atoms with E-state index in [0.717, 1.165) is 17.1 Å². The Bertz CT molecular complexity index is 744. The van der Waals surface area contributed by atoms with Crippen LogP contribution in [0.3, 0.4) is 0 Å². The quantitative estimate of drug-likeness (QED) is 0.766. The number of nitrogens with one attached hydrogen (secondary N) is 1. The first kappa shape index (κ1) is 13.6. The van der Waals surface area contributed by atoms with Crippen molar-refractivity contribution in [2.45, 2.75) is 19.9 Å². The molecule has 0 bridgehead atoms. The van der Waals surface area contributed by atoms with Crippen LogP contribution in [0.25, 0.3) is 11.3 Å². The average Bonchev–Trinajstić information content (AvgIpc) is 2.99. The van der Waals surface area contributed by atoms with Crippen molar-refractivity contribution >= 4 is 0 Å². The lowest BCUT2D eigenvalue weighted by Gasteiger charge is -2.09. The van der Waals surface area contributed by atoms with Crippen molar-refractivity contribution in [1.29, 1.82) is 0 Å². The van der Waals surface area contributed by atoms with Crippen molar-refractivity contribution in [3.8, 4) is 11.3 Å². The molecular formula is C18H19N3. The van der Waals surface area contributed by atoms with E-state index < -0.39 is 0 Å². The molecule has 3 nitrogen and oxygen atoms in total. The number of aromatic amines is 1. The van der Waals surface area contributed by atoms with Gasteiger partial charge in [-0.05, 0) is 31.0 Å². The molecular weight excluding hydrogens is 258 g/mol. The zero-order valence-corrected chi connectivity index (χ0v) is 12.3. The van der Waals surface area contributed by atoms with E-state index in [0.29, 0.717) is 0 Å². The van der Waals surface area contributed by atoms with E-state index in [1.54, 1.807) is 0 Å². The molecule has 0 amide bonds. The van der Waals surface area contributed by atoms with Gasteiger partial charge in [0.05, 0.1) is 17.9 Å². The number of aromatic nitrogens is 2. The van der Waals surface area contributed by atoms with Crippen LogP contribution < -0.4 is 5.73 Å². The van der Waals surface area contributed by atoms with Gasteiger partial charge in [-0.2, -0.15) is 0 Å². The standard InChI is InChI=1S/C18H19N3/c1-12-8-9-13(2)15(10-12)16-11-20-18(21-16)17(19)14-6-4-3-5-7-14/h3-11,17H,19H2,1-2H3,(H,20,21). The van der Waals surface area contributed by atoms with E-state index in [4.69, 9.17) is 5.73 Å². The SMILES string of the molecule is Cc1ccc(C)c(-c2cnc(C(N)c3ccccc3)[nH]2)c1. The zero-order valence-electron chi connectivity index (χ0n) is 12.3. The molecule has 3 N–H and O–H groups in total. The van der Waals surface area contributed by atoms with Gasteiger partial charge in [-0.25, -0.2) is 4.98 Å². The summed E-state index contributed by atoms with van der Waals surface area (Å²) in [5, 5.41) is 0. The molecule has 0 aliphatic carbocycles. The van der Waals surface area contributed by atoms with E-state index in [2.05, 4.69) is 42.0 Å². The minimum absolute atomic E-state index is 0.231. The lowest BCUT2D eigenvalue weighted by atomic mass is 10.0. The summed E-state index contributed by atoms with van der Waals surface area (Å²) < 4.78 is 0. The van der Waals surface area contributed by atoms with Gasteiger partial charge in [0.1, 0.15) is 5.82 Å². The van der Waals surface area contributed by atoms with Crippen LogP contribution in [0, 0.1) is 13.8 Å². The second-order valence-electron chi connectivity index (χ2n) is 5.39. The number of aryl methyl sites for hydroxylation is 2. The predicted octanol–water partition coefficient (Wildman–Crippen LogP) is 3.74. The molecule has 3 aromatic rings. The number of nitrogens with two attached hydrogens (primary N) is 1. The van der Waals surface area contributed by atoms with Gasteiger partial charge in [-0.3, -0.25) is 0 Å². The molecule has 3 heteroatoms. The highest BCUT2D eigenvalue weighted by molar-refractivity contribution is 5.64. The van der Waals surface area contributed by atoms with Crippen LogP contribution in [0.5, 0.6) is 0 Å². The number of rotatable bonds is 3. The summed E-state index contributed by atoms with van der Waals surface area (Å²) in [6, 6.07) is 16.2. The molecule has 2 aromatic carbocycles. The number of imidazole rings is 1.